The van der Waals surface area contributed by atoms with E-state index < -0.39 is 10.8 Å². The Morgan fingerprint density at radius 2 is 1.71 bits per heavy atom. The predicted octanol–water partition coefficient (Wildman–Crippen LogP) is 3.69. The average Bonchev–Trinajstić information content (AvgIpc) is 2.96. The summed E-state index contributed by atoms with van der Waals surface area (Å²) >= 11 is 0. The second kappa shape index (κ2) is 6.00. The Kier molecular flexibility index (Phi) is 4.08. The highest BCUT2D eigenvalue weighted by atomic mass is 32.2. The summed E-state index contributed by atoms with van der Waals surface area (Å²) in [6.45, 7) is 2.97. The molecule has 0 spiro atoms. The summed E-state index contributed by atoms with van der Waals surface area (Å²) in [5.74, 6) is 1.56. The topological polar surface area (TPSA) is 38.3 Å². The fourth-order valence-electron chi connectivity index (χ4n) is 2.54. The minimum Gasteiger partial charge on any atom is -0.457 e. The number of ether oxygens (including phenoxy) is 1. The molecule has 0 amide bonds. The SMILES string of the molecule is CC1(S(=O)c2ccc(Oc3ccccc3)cc2)CCCN1. The first kappa shape index (κ1) is 14.3. The van der Waals surface area contributed by atoms with Gasteiger partial charge in [-0.05, 0) is 62.7 Å². The van der Waals surface area contributed by atoms with Crippen molar-refractivity contribution in [2.75, 3.05) is 6.54 Å². The Labute approximate surface area is 127 Å². The van der Waals surface area contributed by atoms with Crippen LogP contribution in [0.5, 0.6) is 11.5 Å². The predicted molar refractivity (Wildman–Crippen MR) is 85.0 cm³/mol. The van der Waals surface area contributed by atoms with Crippen LogP contribution in [0.3, 0.4) is 0 Å². The number of rotatable bonds is 4. The highest BCUT2D eigenvalue weighted by molar-refractivity contribution is 7.86. The molecule has 3 rings (SSSR count). The van der Waals surface area contributed by atoms with Gasteiger partial charge in [0.2, 0.25) is 0 Å². The van der Waals surface area contributed by atoms with E-state index in [2.05, 4.69) is 5.32 Å². The zero-order valence-corrected chi connectivity index (χ0v) is 12.9. The van der Waals surface area contributed by atoms with E-state index in [1.165, 1.54) is 0 Å². The minimum absolute atomic E-state index is 0.304. The summed E-state index contributed by atoms with van der Waals surface area (Å²) in [4.78, 5) is 0.536. The zero-order chi connectivity index (χ0) is 14.7. The lowest BCUT2D eigenvalue weighted by molar-refractivity contribution is 0.482. The smallest absolute Gasteiger partial charge is 0.127 e. The summed E-state index contributed by atoms with van der Waals surface area (Å²) in [6, 6.07) is 17.2. The maximum Gasteiger partial charge on any atom is 0.127 e. The minimum atomic E-state index is -1.05. The molecule has 1 N–H and O–H groups in total. The first-order valence-electron chi connectivity index (χ1n) is 7.17. The first-order chi connectivity index (χ1) is 10.2. The second-order valence-electron chi connectivity index (χ2n) is 5.42. The maximum atomic E-state index is 12.6. The van der Waals surface area contributed by atoms with Gasteiger partial charge in [-0.1, -0.05) is 18.2 Å². The fourth-order valence-corrected chi connectivity index (χ4v) is 4.01. The van der Waals surface area contributed by atoms with Gasteiger partial charge in [0.05, 0.1) is 15.7 Å². The van der Waals surface area contributed by atoms with Crippen LogP contribution in [0.4, 0.5) is 0 Å². The molecule has 0 radical (unpaired) electrons. The molecule has 0 aliphatic carbocycles. The van der Waals surface area contributed by atoms with Gasteiger partial charge in [0.15, 0.2) is 0 Å². The molecule has 0 saturated carbocycles. The van der Waals surface area contributed by atoms with Crippen molar-refractivity contribution in [1.82, 2.24) is 5.32 Å². The molecule has 1 heterocycles. The van der Waals surface area contributed by atoms with Gasteiger partial charge in [0.1, 0.15) is 11.5 Å². The molecule has 2 unspecified atom stereocenters. The van der Waals surface area contributed by atoms with Gasteiger partial charge in [0.25, 0.3) is 0 Å². The van der Waals surface area contributed by atoms with E-state index in [-0.39, 0.29) is 4.87 Å². The van der Waals surface area contributed by atoms with Gasteiger partial charge in [-0.2, -0.15) is 0 Å². The van der Waals surface area contributed by atoms with E-state index >= 15 is 0 Å². The van der Waals surface area contributed by atoms with Gasteiger partial charge in [-0.15, -0.1) is 0 Å². The third kappa shape index (κ3) is 3.17. The van der Waals surface area contributed by atoms with E-state index in [9.17, 15) is 4.21 Å². The molecule has 1 aliphatic heterocycles. The van der Waals surface area contributed by atoms with Crippen LogP contribution in [0.15, 0.2) is 59.5 Å². The molecule has 21 heavy (non-hydrogen) atoms. The zero-order valence-electron chi connectivity index (χ0n) is 12.0. The molecule has 1 fully saturated rings. The lowest BCUT2D eigenvalue weighted by Gasteiger charge is -2.23. The van der Waals surface area contributed by atoms with Crippen LogP contribution in [-0.4, -0.2) is 15.6 Å². The standard InChI is InChI=1S/C17H19NO2S/c1-17(12-5-13-18-17)21(19)16-10-8-15(9-11-16)20-14-6-3-2-4-7-14/h2-4,6-11,18H,5,12-13H2,1H3. The number of hydrogen-bond donors (Lipinski definition) is 1. The molecule has 0 aromatic heterocycles. The molecule has 110 valence electrons. The Balaban J connectivity index is 1.73. The van der Waals surface area contributed by atoms with E-state index in [4.69, 9.17) is 4.74 Å². The van der Waals surface area contributed by atoms with Crippen molar-refractivity contribution in [2.24, 2.45) is 0 Å². The number of hydrogen-bond acceptors (Lipinski definition) is 3. The first-order valence-corrected chi connectivity index (χ1v) is 8.32. The Hall–Kier alpha value is -1.65. The second-order valence-corrected chi connectivity index (χ2v) is 7.33. The average molecular weight is 301 g/mol. The quantitative estimate of drug-likeness (QED) is 0.936. The van der Waals surface area contributed by atoms with Gasteiger partial charge < -0.3 is 10.1 Å². The largest absolute Gasteiger partial charge is 0.457 e. The monoisotopic (exact) mass is 301 g/mol. The summed E-state index contributed by atoms with van der Waals surface area (Å²) in [6.07, 6.45) is 2.03. The van der Waals surface area contributed by atoms with Gasteiger partial charge >= 0.3 is 0 Å². The molecule has 0 bridgehead atoms. The van der Waals surface area contributed by atoms with E-state index in [0.29, 0.717) is 0 Å². The molecule has 2 aromatic carbocycles. The highest BCUT2D eigenvalue weighted by Gasteiger charge is 2.35. The highest BCUT2D eigenvalue weighted by Crippen LogP contribution is 2.29. The lowest BCUT2D eigenvalue weighted by Crippen LogP contribution is -2.40. The van der Waals surface area contributed by atoms with Crippen molar-refractivity contribution in [3.8, 4) is 11.5 Å². The molecule has 2 atom stereocenters. The molecular formula is C17H19NO2S. The molecule has 1 aliphatic rings. The Morgan fingerprint density at radius 1 is 1.05 bits per heavy atom. The third-order valence-electron chi connectivity index (χ3n) is 3.76. The van der Waals surface area contributed by atoms with Crippen molar-refractivity contribution >= 4 is 10.8 Å². The van der Waals surface area contributed by atoms with Gasteiger partial charge in [0, 0.05) is 4.90 Å². The van der Waals surface area contributed by atoms with Crippen molar-refractivity contribution in [1.29, 1.82) is 0 Å². The third-order valence-corrected chi connectivity index (χ3v) is 5.62. The number of nitrogens with one attached hydrogen (secondary N) is 1. The van der Waals surface area contributed by atoms with Crippen LogP contribution >= 0.6 is 0 Å². The molecule has 2 aromatic rings. The van der Waals surface area contributed by atoms with E-state index in [0.717, 1.165) is 35.8 Å². The lowest BCUT2D eigenvalue weighted by atomic mass is 10.2. The van der Waals surface area contributed by atoms with Crippen LogP contribution in [0.2, 0.25) is 0 Å². The van der Waals surface area contributed by atoms with E-state index in [1.807, 2.05) is 61.5 Å². The summed E-state index contributed by atoms with van der Waals surface area (Å²) in [7, 11) is -1.05. The van der Waals surface area contributed by atoms with Gasteiger partial charge in [-0.3, -0.25) is 4.21 Å². The number of para-hydroxylation sites is 1. The Morgan fingerprint density at radius 3 is 2.33 bits per heavy atom. The van der Waals surface area contributed by atoms with Gasteiger partial charge in [-0.25, -0.2) is 0 Å². The van der Waals surface area contributed by atoms with Crippen molar-refractivity contribution in [3.05, 3.63) is 54.6 Å². The van der Waals surface area contributed by atoms with E-state index in [1.54, 1.807) is 0 Å². The summed E-state index contributed by atoms with van der Waals surface area (Å²) in [5, 5.41) is 3.35. The maximum absolute atomic E-state index is 12.6. The van der Waals surface area contributed by atoms with Crippen LogP contribution in [0.25, 0.3) is 0 Å². The van der Waals surface area contributed by atoms with Crippen molar-refractivity contribution < 1.29 is 8.95 Å². The van der Waals surface area contributed by atoms with Crippen LogP contribution in [-0.2, 0) is 10.8 Å². The van der Waals surface area contributed by atoms with Crippen LogP contribution < -0.4 is 10.1 Å². The summed E-state index contributed by atoms with van der Waals surface area (Å²) < 4.78 is 18.4. The molecule has 1 saturated heterocycles. The molecule has 3 nitrogen and oxygen atoms in total. The van der Waals surface area contributed by atoms with Crippen LogP contribution in [0.1, 0.15) is 19.8 Å². The van der Waals surface area contributed by atoms with Crippen molar-refractivity contribution in [2.45, 2.75) is 29.5 Å². The Bertz CT molecular complexity index is 619. The summed E-state index contributed by atoms with van der Waals surface area (Å²) in [5.41, 5.74) is 0. The number of benzene rings is 2. The normalized spacial score (nSPS) is 22.9. The molecule has 4 heteroatoms. The molecular weight excluding hydrogens is 282 g/mol. The fraction of sp³-hybridized carbons (Fsp3) is 0.294. The van der Waals surface area contributed by atoms with Crippen LogP contribution in [0, 0.1) is 0 Å². The van der Waals surface area contributed by atoms with Crippen molar-refractivity contribution in [3.63, 3.8) is 0 Å².